The van der Waals surface area contributed by atoms with Gasteiger partial charge in [-0.2, -0.15) is 0 Å². The van der Waals surface area contributed by atoms with Crippen LogP contribution in [0.1, 0.15) is 34.4 Å². The van der Waals surface area contributed by atoms with Crippen LogP contribution < -0.4 is 0 Å². The number of benzene rings is 1. The highest BCUT2D eigenvalue weighted by atomic mass is 32.1. The molecule has 22 heavy (non-hydrogen) atoms. The zero-order chi connectivity index (χ0) is 15.5. The van der Waals surface area contributed by atoms with Crippen molar-refractivity contribution < 1.29 is 9.63 Å². The van der Waals surface area contributed by atoms with Crippen LogP contribution >= 0.6 is 11.3 Å². The van der Waals surface area contributed by atoms with Crippen molar-refractivity contribution >= 4 is 33.7 Å². The molecule has 0 bridgehead atoms. The zero-order valence-corrected chi connectivity index (χ0v) is 13.1. The van der Waals surface area contributed by atoms with E-state index in [2.05, 4.69) is 15.1 Å². The van der Waals surface area contributed by atoms with Crippen LogP contribution in [0.2, 0.25) is 0 Å². The average Bonchev–Trinajstić information content (AvgIpc) is 3.19. The molecule has 1 N–H and O–H groups in total. The first-order valence-corrected chi connectivity index (χ1v) is 7.79. The molecule has 0 radical (unpaired) electrons. The fourth-order valence-corrected chi connectivity index (χ4v) is 3.07. The number of hydrogen-bond donors (Lipinski definition) is 1. The van der Waals surface area contributed by atoms with E-state index < -0.39 is 0 Å². The molecule has 1 aromatic carbocycles. The number of fused-ring (bicyclic) bond motifs is 1. The second kappa shape index (κ2) is 6.11. The van der Waals surface area contributed by atoms with E-state index in [0.717, 1.165) is 16.6 Å². The van der Waals surface area contributed by atoms with Gasteiger partial charge < -0.3 is 9.82 Å². The Kier molecular flexibility index (Phi) is 4.02. The summed E-state index contributed by atoms with van der Waals surface area (Å²) in [5.74, 6) is -0.0819. The van der Waals surface area contributed by atoms with Crippen molar-refractivity contribution in [3.05, 3.63) is 52.1 Å². The number of carbonyl (C=O) groups is 1. The van der Waals surface area contributed by atoms with Crippen LogP contribution in [0.5, 0.6) is 0 Å². The molecule has 2 heterocycles. The summed E-state index contributed by atoms with van der Waals surface area (Å²) in [5, 5.41) is 7.14. The molecule has 5 nitrogen and oxygen atoms in total. The SMILES string of the molecule is CCC(=NOC)c1csc(C(=O)c2c[nH]c3ccccc23)n1. The first kappa shape index (κ1) is 14.5. The van der Waals surface area contributed by atoms with Gasteiger partial charge in [-0.25, -0.2) is 4.98 Å². The molecule has 0 atom stereocenters. The van der Waals surface area contributed by atoms with Crippen LogP contribution in [-0.2, 0) is 4.84 Å². The summed E-state index contributed by atoms with van der Waals surface area (Å²) in [6.45, 7) is 1.97. The third-order valence-electron chi connectivity index (χ3n) is 3.36. The molecule has 0 unspecified atom stereocenters. The summed E-state index contributed by atoms with van der Waals surface area (Å²) in [6.07, 6.45) is 2.43. The summed E-state index contributed by atoms with van der Waals surface area (Å²) in [4.78, 5) is 25.0. The molecule has 3 aromatic rings. The van der Waals surface area contributed by atoms with Gasteiger partial charge in [0.15, 0.2) is 5.01 Å². The second-order valence-corrected chi connectivity index (χ2v) is 5.55. The predicted molar refractivity (Wildman–Crippen MR) is 87.7 cm³/mol. The molecular weight excluding hydrogens is 298 g/mol. The minimum atomic E-state index is -0.0819. The smallest absolute Gasteiger partial charge is 0.223 e. The van der Waals surface area contributed by atoms with Gasteiger partial charge in [0.2, 0.25) is 5.78 Å². The number of ketones is 1. The number of rotatable bonds is 5. The highest BCUT2D eigenvalue weighted by Crippen LogP contribution is 2.23. The molecular formula is C16H15N3O2S. The monoisotopic (exact) mass is 313 g/mol. The van der Waals surface area contributed by atoms with Crippen LogP contribution in [0.3, 0.4) is 0 Å². The number of aromatic nitrogens is 2. The van der Waals surface area contributed by atoms with Crippen molar-refractivity contribution in [3.8, 4) is 0 Å². The lowest BCUT2D eigenvalue weighted by atomic mass is 10.1. The molecule has 0 aliphatic heterocycles. The first-order valence-electron chi connectivity index (χ1n) is 6.91. The number of oxime groups is 1. The molecule has 112 valence electrons. The maximum Gasteiger partial charge on any atom is 0.223 e. The fraction of sp³-hybridized carbons (Fsp3) is 0.188. The quantitative estimate of drug-likeness (QED) is 0.444. The van der Waals surface area contributed by atoms with Gasteiger partial charge in [-0.05, 0) is 12.5 Å². The Morgan fingerprint density at radius 2 is 2.23 bits per heavy atom. The van der Waals surface area contributed by atoms with E-state index in [-0.39, 0.29) is 5.78 Å². The molecule has 0 amide bonds. The van der Waals surface area contributed by atoms with Gasteiger partial charge in [0.1, 0.15) is 12.8 Å². The second-order valence-electron chi connectivity index (χ2n) is 4.69. The van der Waals surface area contributed by atoms with E-state index in [1.54, 1.807) is 6.20 Å². The lowest BCUT2D eigenvalue weighted by Gasteiger charge is -1.97. The molecule has 0 aliphatic carbocycles. The Balaban J connectivity index is 1.96. The van der Waals surface area contributed by atoms with Gasteiger partial charge in [0.05, 0.1) is 11.3 Å². The minimum absolute atomic E-state index is 0.0819. The molecule has 3 rings (SSSR count). The third kappa shape index (κ3) is 2.53. The van der Waals surface area contributed by atoms with Gasteiger partial charge in [-0.15, -0.1) is 11.3 Å². The van der Waals surface area contributed by atoms with Gasteiger partial charge in [0, 0.05) is 22.5 Å². The lowest BCUT2D eigenvalue weighted by molar-refractivity contribution is 0.104. The summed E-state index contributed by atoms with van der Waals surface area (Å²) < 4.78 is 0. The van der Waals surface area contributed by atoms with Gasteiger partial charge in [-0.1, -0.05) is 30.3 Å². The summed E-state index contributed by atoms with van der Waals surface area (Å²) in [7, 11) is 1.50. The van der Waals surface area contributed by atoms with E-state index in [9.17, 15) is 4.79 Å². The largest absolute Gasteiger partial charge is 0.399 e. The molecule has 2 aromatic heterocycles. The van der Waals surface area contributed by atoms with Crippen LogP contribution in [0.4, 0.5) is 0 Å². The van der Waals surface area contributed by atoms with E-state index in [4.69, 9.17) is 4.84 Å². The molecule has 0 saturated heterocycles. The number of hydrogen-bond acceptors (Lipinski definition) is 5. The predicted octanol–water partition coefficient (Wildman–Crippen LogP) is 3.62. The summed E-state index contributed by atoms with van der Waals surface area (Å²) >= 11 is 1.32. The number of nitrogens with one attached hydrogen (secondary N) is 1. The summed E-state index contributed by atoms with van der Waals surface area (Å²) in [5.41, 5.74) is 3.00. The number of H-pyrrole nitrogens is 1. The normalized spacial score (nSPS) is 11.8. The van der Waals surface area contributed by atoms with E-state index in [1.165, 1.54) is 18.4 Å². The molecule has 0 fully saturated rings. The van der Waals surface area contributed by atoms with Crippen LogP contribution in [0.15, 0.2) is 41.0 Å². The van der Waals surface area contributed by atoms with Crippen molar-refractivity contribution in [2.45, 2.75) is 13.3 Å². The van der Waals surface area contributed by atoms with E-state index in [0.29, 0.717) is 22.7 Å². The maximum absolute atomic E-state index is 12.7. The standard InChI is InChI=1S/C16H15N3O2S/c1-3-12(19-21-2)14-9-22-16(18-14)15(20)11-8-17-13-7-5-4-6-10(11)13/h4-9,17H,3H2,1-2H3. The van der Waals surface area contributed by atoms with Crippen molar-refractivity contribution in [1.82, 2.24) is 9.97 Å². The number of thiazole rings is 1. The Labute approximate surface area is 131 Å². The van der Waals surface area contributed by atoms with Crippen LogP contribution in [0, 0.1) is 0 Å². The summed E-state index contributed by atoms with van der Waals surface area (Å²) in [6, 6.07) is 7.72. The molecule has 0 aliphatic rings. The van der Waals surface area contributed by atoms with Gasteiger partial charge in [0.25, 0.3) is 0 Å². The Morgan fingerprint density at radius 1 is 1.41 bits per heavy atom. The topological polar surface area (TPSA) is 67.3 Å². The Bertz CT molecular complexity index is 848. The van der Waals surface area contributed by atoms with Crippen LogP contribution in [-0.4, -0.2) is 28.6 Å². The molecule has 0 saturated carbocycles. The number of para-hydroxylation sites is 1. The lowest BCUT2D eigenvalue weighted by Crippen LogP contribution is -2.04. The van der Waals surface area contributed by atoms with Gasteiger partial charge in [-0.3, -0.25) is 4.79 Å². The Morgan fingerprint density at radius 3 is 3.00 bits per heavy atom. The van der Waals surface area contributed by atoms with Crippen molar-refractivity contribution in [2.24, 2.45) is 5.16 Å². The molecule has 6 heteroatoms. The van der Waals surface area contributed by atoms with Crippen LogP contribution in [0.25, 0.3) is 10.9 Å². The highest BCUT2D eigenvalue weighted by Gasteiger charge is 2.18. The van der Waals surface area contributed by atoms with Crippen molar-refractivity contribution in [3.63, 3.8) is 0 Å². The van der Waals surface area contributed by atoms with Crippen molar-refractivity contribution in [2.75, 3.05) is 7.11 Å². The average molecular weight is 313 g/mol. The zero-order valence-electron chi connectivity index (χ0n) is 12.3. The van der Waals surface area contributed by atoms with Gasteiger partial charge >= 0.3 is 0 Å². The third-order valence-corrected chi connectivity index (χ3v) is 4.21. The van der Waals surface area contributed by atoms with E-state index in [1.807, 2.05) is 36.6 Å². The Hall–Kier alpha value is -2.47. The number of nitrogens with zero attached hydrogens (tertiary/aromatic N) is 2. The minimum Gasteiger partial charge on any atom is -0.399 e. The number of aromatic amines is 1. The van der Waals surface area contributed by atoms with E-state index >= 15 is 0 Å². The number of carbonyl (C=O) groups excluding carboxylic acids is 1. The maximum atomic E-state index is 12.7. The first-order chi connectivity index (χ1) is 10.7. The van der Waals surface area contributed by atoms with Crippen molar-refractivity contribution in [1.29, 1.82) is 0 Å². The highest BCUT2D eigenvalue weighted by molar-refractivity contribution is 7.12. The fourth-order valence-electron chi connectivity index (χ4n) is 2.29. The molecule has 0 spiro atoms.